The molecule has 0 bridgehead atoms. The third-order valence-electron chi connectivity index (χ3n) is 1.95. The van der Waals surface area contributed by atoms with E-state index in [1.54, 1.807) is 18.2 Å². The fraction of sp³-hybridized carbons (Fsp3) is 0.364. The largest absolute Gasteiger partial charge is 0.397 e. The molecule has 0 radical (unpaired) electrons. The van der Waals surface area contributed by atoms with E-state index in [1.807, 2.05) is 13.8 Å². The molecule has 0 spiro atoms. The molecule has 0 amide bonds. The first-order valence-electron chi connectivity index (χ1n) is 4.59. The van der Waals surface area contributed by atoms with E-state index in [4.69, 9.17) is 17.3 Å². The van der Waals surface area contributed by atoms with E-state index in [2.05, 4.69) is 0 Å². The maximum absolute atomic E-state index is 11.7. The van der Waals surface area contributed by atoms with E-state index in [0.717, 1.165) is 0 Å². The Balaban J connectivity index is 2.96. The van der Waals surface area contributed by atoms with Crippen molar-refractivity contribution in [2.45, 2.75) is 20.3 Å². The van der Waals surface area contributed by atoms with Gasteiger partial charge in [0.15, 0.2) is 5.78 Å². The molecule has 2 nitrogen and oxygen atoms in total. The molecule has 3 heteroatoms. The Morgan fingerprint density at radius 1 is 1.50 bits per heavy atom. The van der Waals surface area contributed by atoms with E-state index in [1.165, 1.54) is 0 Å². The number of hydrogen-bond donors (Lipinski definition) is 1. The van der Waals surface area contributed by atoms with Gasteiger partial charge in [-0.2, -0.15) is 0 Å². The van der Waals surface area contributed by atoms with E-state index >= 15 is 0 Å². The van der Waals surface area contributed by atoms with Crippen molar-refractivity contribution >= 4 is 23.1 Å². The van der Waals surface area contributed by atoms with Crippen molar-refractivity contribution in [3.8, 4) is 0 Å². The summed E-state index contributed by atoms with van der Waals surface area (Å²) in [4.78, 5) is 11.7. The van der Waals surface area contributed by atoms with Crippen LogP contribution in [0.2, 0.25) is 5.02 Å². The van der Waals surface area contributed by atoms with Gasteiger partial charge in [-0.1, -0.05) is 31.5 Å². The van der Waals surface area contributed by atoms with Crippen LogP contribution >= 0.6 is 11.6 Å². The fourth-order valence-corrected chi connectivity index (χ4v) is 1.44. The normalized spacial score (nSPS) is 10.6. The Bertz CT molecular complexity index is 347. The first-order valence-corrected chi connectivity index (χ1v) is 4.97. The molecule has 0 fully saturated rings. The second-order valence-electron chi connectivity index (χ2n) is 3.72. The van der Waals surface area contributed by atoms with Crippen molar-refractivity contribution < 1.29 is 4.79 Å². The van der Waals surface area contributed by atoms with Gasteiger partial charge in [0.05, 0.1) is 10.7 Å². The number of benzene rings is 1. The zero-order chi connectivity index (χ0) is 10.7. The van der Waals surface area contributed by atoms with Gasteiger partial charge in [0.25, 0.3) is 0 Å². The Morgan fingerprint density at radius 2 is 2.14 bits per heavy atom. The van der Waals surface area contributed by atoms with Crippen molar-refractivity contribution in [1.82, 2.24) is 0 Å². The topological polar surface area (TPSA) is 43.1 Å². The number of carbonyl (C=O) groups is 1. The summed E-state index contributed by atoms with van der Waals surface area (Å²) in [6.07, 6.45) is 0.505. The fourth-order valence-electron chi connectivity index (χ4n) is 1.26. The molecule has 14 heavy (non-hydrogen) atoms. The van der Waals surface area contributed by atoms with Gasteiger partial charge < -0.3 is 5.73 Å². The zero-order valence-electron chi connectivity index (χ0n) is 8.38. The lowest BCUT2D eigenvalue weighted by Crippen LogP contribution is -2.06. The molecular weight excluding hydrogens is 198 g/mol. The Morgan fingerprint density at radius 3 is 2.71 bits per heavy atom. The lowest BCUT2D eigenvalue weighted by Gasteiger charge is -2.07. The summed E-state index contributed by atoms with van der Waals surface area (Å²) < 4.78 is 0. The molecule has 0 aromatic heterocycles. The number of Topliss-reactive ketones (excluding diaryl/α,β-unsaturated/α-hetero) is 1. The van der Waals surface area contributed by atoms with Gasteiger partial charge in [-0.3, -0.25) is 4.79 Å². The average molecular weight is 212 g/mol. The molecule has 0 unspecified atom stereocenters. The smallest absolute Gasteiger partial charge is 0.165 e. The average Bonchev–Trinajstić information content (AvgIpc) is 2.08. The molecule has 1 aromatic rings. The lowest BCUT2D eigenvalue weighted by atomic mass is 10.00. The van der Waals surface area contributed by atoms with Gasteiger partial charge >= 0.3 is 0 Å². The molecule has 0 saturated heterocycles. The van der Waals surface area contributed by atoms with Crippen LogP contribution in [0.15, 0.2) is 18.2 Å². The third-order valence-corrected chi connectivity index (χ3v) is 2.28. The highest BCUT2D eigenvalue weighted by molar-refractivity contribution is 6.34. The Labute approximate surface area is 89.1 Å². The molecule has 0 atom stereocenters. The van der Waals surface area contributed by atoms with Crippen LogP contribution < -0.4 is 5.73 Å². The Hall–Kier alpha value is -1.02. The van der Waals surface area contributed by atoms with Gasteiger partial charge in [0.1, 0.15) is 0 Å². The van der Waals surface area contributed by atoms with E-state index < -0.39 is 0 Å². The number of carbonyl (C=O) groups excluding carboxylic acids is 1. The maximum Gasteiger partial charge on any atom is 0.165 e. The molecule has 0 saturated carbocycles. The molecule has 1 aromatic carbocycles. The summed E-state index contributed by atoms with van der Waals surface area (Å²) in [5.74, 6) is 0.390. The van der Waals surface area contributed by atoms with Gasteiger partial charge in [-0.15, -0.1) is 0 Å². The summed E-state index contributed by atoms with van der Waals surface area (Å²) in [6, 6.07) is 5.14. The van der Waals surface area contributed by atoms with Crippen LogP contribution in [0, 0.1) is 5.92 Å². The summed E-state index contributed by atoms with van der Waals surface area (Å²) in [6.45, 7) is 4.00. The zero-order valence-corrected chi connectivity index (χ0v) is 9.14. The van der Waals surface area contributed by atoms with Crippen LogP contribution in [0.1, 0.15) is 30.6 Å². The highest BCUT2D eigenvalue weighted by Crippen LogP contribution is 2.24. The molecule has 0 aliphatic heterocycles. The van der Waals surface area contributed by atoms with E-state index in [-0.39, 0.29) is 5.78 Å². The number of para-hydroxylation sites is 1. The Kier molecular flexibility index (Phi) is 3.53. The van der Waals surface area contributed by atoms with Crippen molar-refractivity contribution in [2.24, 2.45) is 5.92 Å². The van der Waals surface area contributed by atoms with Crippen LogP contribution in [-0.2, 0) is 0 Å². The molecule has 1 rings (SSSR count). The monoisotopic (exact) mass is 211 g/mol. The predicted molar refractivity (Wildman–Crippen MR) is 59.6 cm³/mol. The minimum absolute atomic E-state index is 0.0556. The van der Waals surface area contributed by atoms with Crippen molar-refractivity contribution in [1.29, 1.82) is 0 Å². The van der Waals surface area contributed by atoms with Crippen LogP contribution in [-0.4, -0.2) is 5.78 Å². The standard InChI is InChI=1S/C11H14ClNO/c1-7(2)6-10(14)8-4-3-5-9(12)11(8)13/h3-5,7H,6,13H2,1-2H3. The van der Waals surface area contributed by atoms with E-state index in [0.29, 0.717) is 28.6 Å². The van der Waals surface area contributed by atoms with Crippen LogP contribution in [0.5, 0.6) is 0 Å². The molecule has 0 aliphatic carbocycles. The van der Waals surface area contributed by atoms with Crippen LogP contribution in [0.4, 0.5) is 5.69 Å². The third kappa shape index (κ3) is 2.48. The van der Waals surface area contributed by atoms with Crippen LogP contribution in [0.25, 0.3) is 0 Å². The number of anilines is 1. The summed E-state index contributed by atoms with van der Waals surface area (Å²) >= 11 is 5.82. The van der Waals surface area contributed by atoms with Gasteiger partial charge in [0, 0.05) is 12.0 Å². The number of ketones is 1. The minimum Gasteiger partial charge on any atom is -0.397 e. The lowest BCUT2D eigenvalue weighted by molar-refractivity contribution is 0.0968. The molecule has 0 aliphatic rings. The second kappa shape index (κ2) is 4.47. The van der Waals surface area contributed by atoms with Crippen molar-refractivity contribution in [2.75, 3.05) is 5.73 Å². The highest BCUT2D eigenvalue weighted by Gasteiger charge is 2.12. The molecule has 76 valence electrons. The second-order valence-corrected chi connectivity index (χ2v) is 4.13. The van der Waals surface area contributed by atoms with Crippen molar-refractivity contribution in [3.63, 3.8) is 0 Å². The molecular formula is C11H14ClNO. The van der Waals surface area contributed by atoms with Gasteiger partial charge in [-0.25, -0.2) is 0 Å². The van der Waals surface area contributed by atoms with Crippen molar-refractivity contribution in [3.05, 3.63) is 28.8 Å². The number of nitrogens with two attached hydrogens (primary N) is 1. The number of hydrogen-bond acceptors (Lipinski definition) is 2. The first-order chi connectivity index (χ1) is 6.52. The SMILES string of the molecule is CC(C)CC(=O)c1cccc(Cl)c1N. The highest BCUT2D eigenvalue weighted by atomic mass is 35.5. The maximum atomic E-state index is 11.7. The number of rotatable bonds is 3. The van der Waals surface area contributed by atoms with E-state index in [9.17, 15) is 4.79 Å². The molecule has 0 heterocycles. The number of nitrogen functional groups attached to an aromatic ring is 1. The first kappa shape index (κ1) is 11.1. The molecule has 2 N–H and O–H groups in total. The minimum atomic E-state index is 0.0556. The summed E-state index contributed by atoms with van der Waals surface area (Å²) in [7, 11) is 0. The van der Waals surface area contributed by atoms with Gasteiger partial charge in [0.2, 0.25) is 0 Å². The summed E-state index contributed by atoms with van der Waals surface area (Å²) in [5, 5.41) is 0.444. The van der Waals surface area contributed by atoms with Crippen LogP contribution in [0.3, 0.4) is 0 Å². The van der Waals surface area contributed by atoms with Gasteiger partial charge in [-0.05, 0) is 18.1 Å². The number of halogens is 1. The predicted octanol–water partition coefficient (Wildman–Crippen LogP) is 3.15. The summed E-state index contributed by atoms with van der Waals surface area (Å²) in [5.41, 5.74) is 6.63. The quantitative estimate of drug-likeness (QED) is 0.617.